The molecule has 0 aliphatic rings. The molecule has 22 heavy (non-hydrogen) atoms. The van der Waals surface area contributed by atoms with Crippen LogP contribution in [0.2, 0.25) is 0 Å². The van der Waals surface area contributed by atoms with Crippen molar-refractivity contribution in [1.82, 2.24) is 5.32 Å². The van der Waals surface area contributed by atoms with Crippen LogP contribution in [-0.2, 0) is 0 Å². The number of Topliss-reactive ketones (excluding diaryl/α,β-unsaturated/α-hetero) is 1. The van der Waals surface area contributed by atoms with E-state index in [2.05, 4.69) is 17.1 Å². The first-order valence-electron chi connectivity index (χ1n) is 7.14. The van der Waals surface area contributed by atoms with Crippen LogP contribution in [0.25, 0.3) is 0 Å². The third-order valence-corrected chi connectivity index (χ3v) is 4.62. The number of carbonyl (C=O) groups excluding carboxylic acids is 2. The van der Waals surface area contributed by atoms with Crippen molar-refractivity contribution in [2.75, 3.05) is 18.5 Å². The molecule has 0 aliphatic heterocycles. The van der Waals surface area contributed by atoms with Crippen LogP contribution in [0.4, 0.5) is 5.69 Å². The highest BCUT2D eigenvalue weighted by molar-refractivity contribution is 7.12. The van der Waals surface area contributed by atoms with Crippen molar-refractivity contribution in [3.05, 3.63) is 52.2 Å². The third kappa shape index (κ3) is 3.95. The standard InChI is InChI=1S/C17H20N2O2S/c1-12(19(3)15-7-5-4-6-8-15)10-18-17(21)14-9-16(13(2)20)22-11-14/h4-9,11-12H,10H2,1-3H3,(H,18,21)/t12-/m1/s1. The average molecular weight is 316 g/mol. The van der Waals surface area contributed by atoms with Crippen molar-refractivity contribution in [3.8, 4) is 0 Å². The van der Waals surface area contributed by atoms with E-state index in [1.165, 1.54) is 18.3 Å². The maximum absolute atomic E-state index is 12.1. The predicted molar refractivity (Wildman–Crippen MR) is 91.0 cm³/mol. The highest BCUT2D eigenvalue weighted by atomic mass is 32.1. The molecule has 0 spiro atoms. The van der Waals surface area contributed by atoms with Gasteiger partial charge in [-0.15, -0.1) is 11.3 Å². The van der Waals surface area contributed by atoms with E-state index in [0.717, 1.165) is 5.69 Å². The zero-order valence-corrected chi connectivity index (χ0v) is 13.8. The number of benzene rings is 1. The van der Waals surface area contributed by atoms with Crippen molar-refractivity contribution >= 4 is 28.7 Å². The van der Waals surface area contributed by atoms with Crippen molar-refractivity contribution in [2.45, 2.75) is 19.9 Å². The second kappa shape index (κ2) is 7.22. The summed E-state index contributed by atoms with van der Waals surface area (Å²) >= 11 is 1.30. The molecule has 1 aromatic heterocycles. The minimum atomic E-state index is -0.142. The Balaban J connectivity index is 1.91. The molecule has 1 N–H and O–H groups in total. The topological polar surface area (TPSA) is 49.4 Å². The van der Waals surface area contributed by atoms with E-state index in [1.807, 2.05) is 37.4 Å². The lowest BCUT2D eigenvalue weighted by atomic mass is 10.2. The molecule has 1 amide bonds. The van der Waals surface area contributed by atoms with Gasteiger partial charge < -0.3 is 10.2 Å². The summed E-state index contributed by atoms with van der Waals surface area (Å²) in [5.41, 5.74) is 1.66. The van der Waals surface area contributed by atoms with E-state index in [0.29, 0.717) is 17.0 Å². The Kier molecular flexibility index (Phi) is 5.33. The molecule has 4 nitrogen and oxygen atoms in total. The van der Waals surface area contributed by atoms with E-state index in [9.17, 15) is 9.59 Å². The first-order valence-corrected chi connectivity index (χ1v) is 8.02. The van der Waals surface area contributed by atoms with Gasteiger partial charge in [0, 0.05) is 30.7 Å². The Morgan fingerprint density at radius 2 is 1.95 bits per heavy atom. The fourth-order valence-corrected chi connectivity index (χ4v) is 2.83. The lowest BCUT2D eigenvalue weighted by Gasteiger charge is -2.27. The zero-order chi connectivity index (χ0) is 16.1. The summed E-state index contributed by atoms with van der Waals surface area (Å²) in [6, 6.07) is 11.8. The number of likely N-dealkylation sites (N-methyl/N-ethyl adjacent to an activating group) is 1. The Labute approximate surface area is 134 Å². The number of carbonyl (C=O) groups is 2. The van der Waals surface area contributed by atoms with Crippen molar-refractivity contribution in [2.24, 2.45) is 0 Å². The van der Waals surface area contributed by atoms with Gasteiger partial charge in [-0.05, 0) is 32.0 Å². The summed E-state index contributed by atoms with van der Waals surface area (Å²) in [4.78, 5) is 26.1. The van der Waals surface area contributed by atoms with Gasteiger partial charge in [0.2, 0.25) is 0 Å². The van der Waals surface area contributed by atoms with Crippen molar-refractivity contribution in [1.29, 1.82) is 0 Å². The zero-order valence-electron chi connectivity index (χ0n) is 13.0. The maximum Gasteiger partial charge on any atom is 0.252 e. The van der Waals surface area contributed by atoms with Gasteiger partial charge in [-0.1, -0.05) is 18.2 Å². The highest BCUT2D eigenvalue weighted by Gasteiger charge is 2.14. The molecule has 0 saturated carbocycles. The molecule has 0 unspecified atom stereocenters. The molecule has 0 bridgehead atoms. The number of ketones is 1. The molecule has 0 aliphatic carbocycles. The smallest absolute Gasteiger partial charge is 0.252 e. The Hall–Kier alpha value is -2.14. The first-order chi connectivity index (χ1) is 10.5. The Bertz CT molecular complexity index is 652. The monoisotopic (exact) mass is 316 g/mol. The number of rotatable bonds is 6. The summed E-state index contributed by atoms with van der Waals surface area (Å²) in [7, 11) is 2.00. The van der Waals surface area contributed by atoms with Gasteiger partial charge in [-0.3, -0.25) is 9.59 Å². The molecule has 0 fully saturated rings. The van der Waals surface area contributed by atoms with Gasteiger partial charge in [-0.25, -0.2) is 0 Å². The summed E-state index contributed by atoms with van der Waals surface area (Å²) in [6.07, 6.45) is 0. The van der Waals surface area contributed by atoms with Crippen LogP contribution in [0.5, 0.6) is 0 Å². The second-order valence-electron chi connectivity index (χ2n) is 5.26. The number of para-hydroxylation sites is 1. The molecule has 5 heteroatoms. The summed E-state index contributed by atoms with van der Waals surface area (Å²) in [5, 5.41) is 4.64. The Morgan fingerprint density at radius 3 is 2.55 bits per heavy atom. The van der Waals surface area contributed by atoms with Crippen LogP contribution in [0.1, 0.15) is 33.9 Å². The number of amides is 1. The van der Waals surface area contributed by atoms with E-state index < -0.39 is 0 Å². The highest BCUT2D eigenvalue weighted by Crippen LogP contribution is 2.16. The number of nitrogens with zero attached hydrogens (tertiary/aromatic N) is 1. The quantitative estimate of drug-likeness (QED) is 0.833. The predicted octanol–water partition coefficient (Wildman–Crippen LogP) is 3.21. The molecule has 1 heterocycles. The molecule has 0 saturated heterocycles. The fourth-order valence-electron chi connectivity index (χ4n) is 2.04. The summed E-state index contributed by atoms with van der Waals surface area (Å²) in [5.74, 6) is -0.154. The number of thiophene rings is 1. The number of anilines is 1. The van der Waals surface area contributed by atoms with E-state index >= 15 is 0 Å². The minimum absolute atomic E-state index is 0.0128. The largest absolute Gasteiger partial charge is 0.370 e. The first kappa shape index (κ1) is 16.2. The van der Waals surface area contributed by atoms with Crippen LogP contribution in [0.3, 0.4) is 0 Å². The van der Waals surface area contributed by atoms with E-state index in [-0.39, 0.29) is 17.7 Å². The lowest BCUT2D eigenvalue weighted by molar-refractivity contribution is 0.0952. The SMILES string of the molecule is CC(=O)c1cc(C(=O)NC[C@@H](C)N(C)c2ccccc2)cs1. The molecule has 0 radical (unpaired) electrons. The third-order valence-electron chi connectivity index (χ3n) is 3.59. The number of hydrogen-bond donors (Lipinski definition) is 1. The van der Waals surface area contributed by atoms with Gasteiger partial charge in [0.05, 0.1) is 10.4 Å². The molecule has 2 rings (SSSR count). The minimum Gasteiger partial charge on any atom is -0.370 e. The van der Waals surface area contributed by atoms with Gasteiger partial charge >= 0.3 is 0 Å². The summed E-state index contributed by atoms with van der Waals surface area (Å²) in [6.45, 7) is 4.10. The second-order valence-corrected chi connectivity index (χ2v) is 6.17. The van der Waals surface area contributed by atoms with E-state index in [1.54, 1.807) is 11.4 Å². The van der Waals surface area contributed by atoms with Crippen LogP contribution in [-0.4, -0.2) is 31.3 Å². The van der Waals surface area contributed by atoms with Gasteiger partial charge in [0.1, 0.15) is 0 Å². The molecular formula is C17H20N2O2S. The molecule has 116 valence electrons. The number of hydrogen-bond acceptors (Lipinski definition) is 4. The van der Waals surface area contributed by atoms with Crippen LogP contribution < -0.4 is 10.2 Å². The van der Waals surface area contributed by atoms with Gasteiger partial charge in [0.25, 0.3) is 5.91 Å². The van der Waals surface area contributed by atoms with Crippen LogP contribution in [0.15, 0.2) is 41.8 Å². The van der Waals surface area contributed by atoms with Gasteiger partial charge in [-0.2, -0.15) is 0 Å². The van der Waals surface area contributed by atoms with Crippen molar-refractivity contribution in [3.63, 3.8) is 0 Å². The summed E-state index contributed by atoms with van der Waals surface area (Å²) < 4.78 is 0. The fraction of sp³-hybridized carbons (Fsp3) is 0.294. The van der Waals surface area contributed by atoms with E-state index in [4.69, 9.17) is 0 Å². The molecular weight excluding hydrogens is 296 g/mol. The van der Waals surface area contributed by atoms with Crippen molar-refractivity contribution < 1.29 is 9.59 Å². The average Bonchev–Trinajstić information content (AvgIpc) is 3.02. The lowest BCUT2D eigenvalue weighted by Crippen LogP contribution is -2.40. The van der Waals surface area contributed by atoms with Gasteiger partial charge in [0.15, 0.2) is 5.78 Å². The van der Waals surface area contributed by atoms with Crippen LogP contribution in [0, 0.1) is 0 Å². The molecule has 1 aromatic carbocycles. The Morgan fingerprint density at radius 1 is 1.27 bits per heavy atom. The maximum atomic E-state index is 12.1. The normalized spacial score (nSPS) is 11.8. The number of nitrogens with one attached hydrogen (secondary N) is 1. The molecule has 2 aromatic rings. The van der Waals surface area contributed by atoms with Crippen LogP contribution >= 0.6 is 11.3 Å². The molecule has 1 atom stereocenters.